The molecule has 0 unspecified atom stereocenters. The van der Waals surface area contributed by atoms with Crippen LogP contribution in [-0.2, 0) is 20.9 Å². The van der Waals surface area contributed by atoms with Gasteiger partial charge >= 0.3 is 5.97 Å². The maximum atomic E-state index is 13.9. The molecule has 1 amide bonds. The lowest BCUT2D eigenvalue weighted by Gasteiger charge is -2.32. The molecule has 1 fully saturated rings. The lowest BCUT2D eigenvalue weighted by atomic mass is 9.88. The van der Waals surface area contributed by atoms with Gasteiger partial charge < -0.3 is 19.1 Å². The summed E-state index contributed by atoms with van der Waals surface area (Å²) in [7, 11) is 2.99. The molecule has 1 aliphatic carbocycles. The first-order chi connectivity index (χ1) is 17.3. The lowest BCUT2D eigenvalue weighted by molar-refractivity contribution is -0.134. The van der Waals surface area contributed by atoms with Crippen molar-refractivity contribution in [3.05, 3.63) is 65.2 Å². The highest BCUT2D eigenvalue weighted by Gasteiger charge is 2.30. The summed E-state index contributed by atoms with van der Waals surface area (Å²) < 4.78 is 16.8. The normalized spacial score (nSPS) is 16.8. The maximum Gasteiger partial charge on any atom is 0.330 e. The second-order valence-electron chi connectivity index (χ2n) is 9.93. The first kappa shape index (κ1) is 25.5. The standard InChI is InChI=1S/C30H35NO5/c1-30(2)18-17-22-14-15-24(27(35-4)28(22)36-30)20-31(29(33)23-10-6-5-7-11-23)25-12-8-9-21(19-25)13-16-26(32)34-3/h8-9,12-19,23H,5-7,10-11,20H2,1-4H3/b16-13+. The first-order valence-electron chi connectivity index (χ1n) is 12.6. The van der Waals surface area contributed by atoms with E-state index in [1.54, 1.807) is 13.2 Å². The molecule has 0 saturated heterocycles. The quantitative estimate of drug-likeness (QED) is 0.343. The molecule has 1 aliphatic heterocycles. The summed E-state index contributed by atoms with van der Waals surface area (Å²) in [5.41, 5.74) is 2.97. The lowest BCUT2D eigenvalue weighted by Crippen LogP contribution is -2.37. The first-order valence-corrected chi connectivity index (χ1v) is 12.6. The van der Waals surface area contributed by atoms with E-state index in [0.29, 0.717) is 18.0 Å². The van der Waals surface area contributed by atoms with Crippen LogP contribution in [0.1, 0.15) is 62.6 Å². The average molecular weight is 490 g/mol. The number of hydrogen-bond donors (Lipinski definition) is 0. The van der Waals surface area contributed by atoms with Crippen LogP contribution < -0.4 is 14.4 Å². The van der Waals surface area contributed by atoms with Crippen molar-refractivity contribution in [2.24, 2.45) is 5.92 Å². The van der Waals surface area contributed by atoms with Gasteiger partial charge in [-0.25, -0.2) is 4.79 Å². The van der Waals surface area contributed by atoms with Crippen LogP contribution in [0.25, 0.3) is 12.2 Å². The Hall–Kier alpha value is -3.54. The molecule has 190 valence electrons. The molecule has 6 nitrogen and oxygen atoms in total. The van der Waals surface area contributed by atoms with E-state index in [1.807, 2.05) is 67.3 Å². The Kier molecular flexibility index (Phi) is 7.82. The van der Waals surface area contributed by atoms with Crippen LogP contribution in [0.3, 0.4) is 0 Å². The van der Waals surface area contributed by atoms with Crippen molar-refractivity contribution >= 4 is 29.7 Å². The van der Waals surface area contributed by atoms with Crippen LogP contribution in [-0.4, -0.2) is 31.7 Å². The largest absolute Gasteiger partial charge is 0.492 e. The van der Waals surface area contributed by atoms with E-state index in [4.69, 9.17) is 14.2 Å². The van der Waals surface area contributed by atoms with Gasteiger partial charge in [0.1, 0.15) is 5.60 Å². The third-order valence-electron chi connectivity index (χ3n) is 6.80. The molecular formula is C30H35NO5. The number of ether oxygens (including phenoxy) is 3. The Morgan fingerprint density at radius 3 is 2.61 bits per heavy atom. The van der Waals surface area contributed by atoms with E-state index in [-0.39, 0.29) is 11.8 Å². The van der Waals surface area contributed by atoms with Crippen molar-refractivity contribution in [3.63, 3.8) is 0 Å². The predicted octanol–water partition coefficient (Wildman–Crippen LogP) is 6.18. The van der Waals surface area contributed by atoms with Crippen molar-refractivity contribution in [2.45, 2.75) is 58.1 Å². The molecule has 4 rings (SSSR count). The molecule has 2 aromatic rings. The zero-order valence-electron chi connectivity index (χ0n) is 21.6. The molecule has 2 aliphatic rings. The fraction of sp³-hybridized carbons (Fsp3) is 0.400. The second kappa shape index (κ2) is 11.0. The summed E-state index contributed by atoms with van der Waals surface area (Å²) in [6.07, 6.45) is 12.3. The highest BCUT2D eigenvalue weighted by molar-refractivity contribution is 5.95. The van der Waals surface area contributed by atoms with Gasteiger partial charge in [0, 0.05) is 28.8 Å². The zero-order valence-corrected chi connectivity index (χ0v) is 21.6. The Bertz CT molecular complexity index is 1170. The molecule has 0 spiro atoms. The highest BCUT2D eigenvalue weighted by atomic mass is 16.5. The SMILES string of the molecule is COC(=O)/C=C/c1cccc(N(Cc2ccc3c(c2OC)OC(C)(C)C=C3)C(=O)C2CCCCC2)c1. The minimum absolute atomic E-state index is 0.00486. The van der Waals surface area contributed by atoms with Gasteiger partial charge in [0.05, 0.1) is 20.8 Å². The molecule has 0 atom stereocenters. The van der Waals surface area contributed by atoms with Gasteiger partial charge in [-0.15, -0.1) is 0 Å². The third-order valence-corrected chi connectivity index (χ3v) is 6.80. The fourth-order valence-electron chi connectivity index (χ4n) is 4.86. The van der Waals surface area contributed by atoms with Crippen molar-refractivity contribution in [3.8, 4) is 11.5 Å². The second-order valence-corrected chi connectivity index (χ2v) is 9.93. The molecule has 0 bridgehead atoms. The number of fused-ring (bicyclic) bond motifs is 1. The van der Waals surface area contributed by atoms with E-state index >= 15 is 0 Å². The van der Waals surface area contributed by atoms with E-state index in [2.05, 4.69) is 0 Å². The van der Waals surface area contributed by atoms with E-state index in [0.717, 1.165) is 48.1 Å². The Balaban J connectivity index is 1.72. The van der Waals surface area contributed by atoms with Crippen LogP contribution >= 0.6 is 0 Å². The molecule has 1 heterocycles. The molecule has 1 saturated carbocycles. The number of nitrogens with zero attached hydrogens (tertiary/aromatic N) is 1. The van der Waals surface area contributed by atoms with Gasteiger partial charge in [0.15, 0.2) is 11.5 Å². The summed E-state index contributed by atoms with van der Waals surface area (Å²) in [4.78, 5) is 27.3. The van der Waals surface area contributed by atoms with E-state index in [9.17, 15) is 9.59 Å². The molecule has 0 N–H and O–H groups in total. The van der Waals surface area contributed by atoms with Crippen molar-refractivity contribution in [1.29, 1.82) is 0 Å². The van der Waals surface area contributed by atoms with Crippen LogP contribution in [0.15, 0.2) is 48.6 Å². The summed E-state index contributed by atoms with van der Waals surface area (Å²) in [5, 5.41) is 0. The highest BCUT2D eigenvalue weighted by Crippen LogP contribution is 2.42. The van der Waals surface area contributed by atoms with Crippen LogP contribution in [0.4, 0.5) is 5.69 Å². The minimum Gasteiger partial charge on any atom is -0.492 e. The van der Waals surface area contributed by atoms with Gasteiger partial charge in [-0.1, -0.05) is 49.6 Å². The van der Waals surface area contributed by atoms with E-state index in [1.165, 1.54) is 19.6 Å². The number of amides is 1. The number of hydrogen-bond acceptors (Lipinski definition) is 5. The van der Waals surface area contributed by atoms with E-state index < -0.39 is 11.6 Å². The number of rotatable bonds is 7. The van der Waals surface area contributed by atoms with Gasteiger partial charge in [-0.05, 0) is 56.5 Å². The van der Waals surface area contributed by atoms with Gasteiger partial charge in [0.25, 0.3) is 0 Å². The maximum absolute atomic E-state index is 13.9. The van der Waals surface area contributed by atoms with Crippen LogP contribution in [0.5, 0.6) is 11.5 Å². The van der Waals surface area contributed by atoms with Crippen LogP contribution in [0, 0.1) is 5.92 Å². The number of carbonyl (C=O) groups excluding carboxylic acids is 2. The monoisotopic (exact) mass is 489 g/mol. The molecule has 0 radical (unpaired) electrons. The smallest absolute Gasteiger partial charge is 0.330 e. The zero-order chi connectivity index (χ0) is 25.7. The molecule has 6 heteroatoms. The van der Waals surface area contributed by atoms with Gasteiger partial charge in [-0.2, -0.15) is 0 Å². The van der Waals surface area contributed by atoms with Crippen molar-refractivity contribution < 1.29 is 23.8 Å². The average Bonchev–Trinajstić information content (AvgIpc) is 2.89. The number of methoxy groups -OCH3 is 2. The van der Waals surface area contributed by atoms with Crippen LogP contribution in [0.2, 0.25) is 0 Å². The van der Waals surface area contributed by atoms with Gasteiger partial charge in [0.2, 0.25) is 5.91 Å². The summed E-state index contributed by atoms with van der Waals surface area (Å²) in [6.45, 7) is 4.36. The Morgan fingerprint density at radius 2 is 1.89 bits per heavy atom. The molecule has 36 heavy (non-hydrogen) atoms. The minimum atomic E-state index is -0.448. The number of carbonyl (C=O) groups is 2. The number of benzene rings is 2. The van der Waals surface area contributed by atoms with Gasteiger partial charge in [-0.3, -0.25) is 4.79 Å². The molecular weight excluding hydrogens is 454 g/mol. The third kappa shape index (κ3) is 5.81. The summed E-state index contributed by atoms with van der Waals surface area (Å²) in [5.74, 6) is 1.03. The fourth-order valence-corrected chi connectivity index (χ4v) is 4.86. The summed E-state index contributed by atoms with van der Waals surface area (Å²) in [6, 6.07) is 11.7. The molecule has 2 aromatic carbocycles. The predicted molar refractivity (Wildman–Crippen MR) is 142 cm³/mol. The Morgan fingerprint density at radius 1 is 1.11 bits per heavy atom. The number of anilines is 1. The molecule has 0 aromatic heterocycles. The summed E-state index contributed by atoms with van der Waals surface area (Å²) >= 11 is 0. The topological polar surface area (TPSA) is 65.1 Å². The van der Waals surface area contributed by atoms with Crippen molar-refractivity contribution in [2.75, 3.05) is 19.1 Å². The van der Waals surface area contributed by atoms with Crippen molar-refractivity contribution in [1.82, 2.24) is 0 Å². The Labute approximate surface area is 213 Å². The number of esters is 1.